The van der Waals surface area contributed by atoms with E-state index in [-0.39, 0.29) is 35.1 Å². The van der Waals surface area contributed by atoms with Gasteiger partial charge in [-0.3, -0.25) is 4.79 Å². The van der Waals surface area contributed by atoms with Gasteiger partial charge in [0.05, 0.1) is 10.6 Å². The van der Waals surface area contributed by atoms with Crippen molar-refractivity contribution in [2.45, 2.75) is 31.2 Å². The van der Waals surface area contributed by atoms with Gasteiger partial charge in [-0.25, -0.2) is 12.8 Å². The zero-order valence-electron chi connectivity index (χ0n) is 12.1. The SMILES string of the molecule is Cc1cc(F)c(N)cc1S(=O)(=O)N1CCNC(=O)C1(C)C. The maximum atomic E-state index is 13.4. The Morgan fingerprint density at radius 2 is 2.00 bits per heavy atom. The zero-order chi connectivity index (χ0) is 16.0. The molecule has 1 saturated heterocycles. The molecule has 1 fully saturated rings. The number of amides is 1. The van der Waals surface area contributed by atoms with Gasteiger partial charge in [0.2, 0.25) is 15.9 Å². The average Bonchev–Trinajstić information content (AvgIpc) is 2.36. The number of anilines is 1. The summed E-state index contributed by atoms with van der Waals surface area (Å²) in [4.78, 5) is 11.8. The molecule has 1 aliphatic rings. The lowest BCUT2D eigenvalue weighted by molar-refractivity contribution is -0.131. The number of hydrogen-bond acceptors (Lipinski definition) is 4. The van der Waals surface area contributed by atoms with E-state index in [2.05, 4.69) is 5.32 Å². The van der Waals surface area contributed by atoms with Gasteiger partial charge in [-0.15, -0.1) is 0 Å². The molecule has 0 spiro atoms. The Bertz CT molecular complexity index is 701. The molecule has 0 saturated carbocycles. The zero-order valence-corrected chi connectivity index (χ0v) is 12.9. The third-order valence-electron chi connectivity index (χ3n) is 3.64. The maximum Gasteiger partial charge on any atom is 0.244 e. The number of hydrogen-bond donors (Lipinski definition) is 2. The number of nitrogen functional groups attached to an aromatic ring is 1. The lowest BCUT2D eigenvalue weighted by Gasteiger charge is -2.40. The van der Waals surface area contributed by atoms with Crippen molar-refractivity contribution in [1.82, 2.24) is 9.62 Å². The molecular formula is C13H18FN3O3S. The summed E-state index contributed by atoms with van der Waals surface area (Å²) in [5.74, 6) is -1.04. The lowest BCUT2D eigenvalue weighted by Crippen LogP contribution is -2.63. The van der Waals surface area contributed by atoms with Gasteiger partial charge in [-0.2, -0.15) is 4.31 Å². The highest BCUT2D eigenvalue weighted by Gasteiger charge is 2.45. The van der Waals surface area contributed by atoms with Crippen LogP contribution in [0.4, 0.5) is 10.1 Å². The Balaban J connectivity index is 2.57. The number of sulfonamides is 1. The Labute approximate surface area is 123 Å². The van der Waals surface area contributed by atoms with Crippen molar-refractivity contribution in [2.24, 2.45) is 0 Å². The van der Waals surface area contributed by atoms with Gasteiger partial charge < -0.3 is 11.1 Å². The first kappa shape index (κ1) is 15.7. The fraction of sp³-hybridized carbons (Fsp3) is 0.462. The quantitative estimate of drug-likeness (QED) is 0.782. The van der Waals surface area contributed by atoms with Crippen LogP contribution in [0.2, 0.25) is 0 Å². The minimum absolute atomic E-state index is 0.0795. The van der Waals surface area contributed by atoms with E-state index in [1.807, 2.05) is 0 Å². The summed E-state index contributed by atoms with van der Waals surface area (Å²) in [7, 11) is -3.95. The number of nitrogens with one attached hydrogen (secondary N) is 1. The second-order valence-electron chi connectivity index (χ2n) is 5.53. The van der Waals surface area contributed by atoms with Crippen LogP contribution in [0.5, 0.6) is 0 Å². The Hall–Kier alpha value is -1.67. The molecule has 1 aliphatic heterocycles. The predicted molar refractivity (Wildman–Crippen MR) is 76.5 cm³/mol. The van der Waals surface area contributed by atoms with Gasteiger partial charge in [0.25, 0.3) is 0 Å². The Morgan fingerprint density at radius 1 is 1.38 bits per heavy atom. The molecule has 0 aliphatic carbocycles. The summed E-state index contributed by atoms with van der Waals surface area (Å²) >= 11 is 0. The standard InChI is InChI=1S/C13H18FN3O3S/c1-8-6-9(14)10(15)7-11(8)21(19,20)17-5-4-16-12(18)13(17,2)3/h6-7H,4-5,15H2,1-3H3,(H,16,18). The number of benzene rings is 1. The molecule has 8 heteroatoms. The number of halogens is 1. The van der Waals surface area contributed by atoms with E-state index < -0.39 is 21.4 Å². The number of aryl methyl sites for hydroxylation is 1. The molecule has 2 rings (SSSR count). The largest absolute Gasteiger partial charge is 0.396 e. The van der Waals surface area contributed by atoms with Gasteiger partial charge in [0.15, 0.2) is 0 Å². The molecule has 1 amide bonds. The van der Waals surface area contributed by atoms with Crippen LogP contribution in [0.3, 0.4) is 0 Å². The van der Waals surface area contributed by atoms with Crippen LogP contribution < -0.4 is 11.1 Å². The first-order valence-corrected chi connectivity index (χ1v) is 7.89. The fourth-order valence-corrected chi connectivity index (χ4v) is 4.36. The minimum Gasteiger partial charge on any atom is -0.396 e. The number of carbonyl (C=O) groups is 1. The Morgan fingerprint density at radius 3 is 2.62 bits per heavy atom. The highest BCUT2D eigenvalue weighted by Crippen LogP contribution is 2.30. The van der Waals surface area contributed by atoms with Crippen LogP contribution >= 0.6 is 0 Å². The molecule has 1 aromatic carbocycles. The fourth-order valence-electron chi connectivity index (χ4n) is 2.37. The molecular weight excluding hydrogens is 297 g/mol. The van der Waals surface area contributed by atoms with Crippen molar-refractivity contribution in [3.05, 3.63) is 23.5 Å². The summed E-state index contributed by atoms with van der Waals surface area (Å²) in [6, 6.07) is 2.18. The van der Waals surface area contributed by atoms with Crippen molar-refractivity contribution >= 4 is 21.6 Å². The monoisotopic (exact) mass is 315 g/mol. The summed E-state index contributed by atoms with van der Waals surface area (Å²) < 4.78 is 40.1. The molecule has 3 N–H and O–H groups in total. The van der Waals surface area contributed by atoms with Crippen molar-refractivity contribution in [2.75, 3.05) is 18.8 Å². The molecule has 0 aromatic heterocycles. The molecule has 1 aromatic rings. The van der Waals surface area contributed by atoms with E-state index in [1.165, 1.54) is 20.8 Å². The normalized spacial score (nSPS) is 19.3. The van der Waals surface area contributed by atoms with Crippen LogP contribution in [0, 0.1) is 12.7 Å². The van der Waals surface area contributed by atoms with Gasteiger partial charge in [0.1, 0.15) is 11.4 Å². The predicted octanol–water partition coefficient (Wildman–Crippen LogP) is 0.615. The lowest BCUT2D eigenvalue weighted by atomic mass is 10.0. The molecule has 116 valence electrons. The third-order valence-corrected chi connectivity index (χ3v) is 5.86. The second kappa shape index (κ2) is 4.96. The highest BCUT2D eigenvalue weighted by atomic mass is 32.2. The van der Waals surface area contributed by atoms with Crippen molar-refractivity contribution in [1.29, 1.82) is 0 Å². The minimum atomic E-state index is -3.95. The van der Waals surface area contributed by atoms with Gasteiger partial charge in [-0.05, 0) is 38.5 Å². The second-order valence-corrected chi connectivity index (χ2v) is 7.36. The maximum absolute atomic E-state index is 13.4. The molecule has 0 bridgehead atoms. The van der Waals surface area contributed by atoms with Crippen molar-refractivity contribution < 1.29 is 17.6 Å². The van der Waals surface area contributed by atoms with E-state index >= 15 is 0 Å². The van der Waals surface area contributed by atoms with Gasteiger partial charge in [-0.1, -0.05) is 0 Å². The number of carbonyl (C=O) groups excluding carboxylic acids is 1. The first-order valence-electron chi connectivity index (χ1n) is 6.45. The third kappa shape index (κ3) is 2.49. The number of nitrogens with zero attached hydrogens (tertiary/aromatic N) is 1. The first-order chi connectivity index (χ1) is 9.58. The number of nitrogens with two attached hydrogens (primary N) is 1. The molecule has 1 heterocycles. The smallest absolute Gasteiger partial charge is 0.244 e. The van der Waals surface area contributed by atoms with Crippen molar-refractivity contribution in [3.8, 4) is 0 Å². The molecule has 0 atom stereocenters. The summed E-state index contributed by atoms with van der Waals surface area (Å²) in [6.07, 6.45) is 0. The van der Waals surface area contributed by atoms with Crippen LogP contribution in [0.1, 0.15) is 19.4 Å². The summed E-state index contributed by atoms with van der Waals surface area (Å²) in [6.45, 7) is 4.93. The highest BCUT2D eigenvalue weighted by molar-refractivity contribution is 7.89. The summed E-state index contributed by atoms with van der Waals surface area (Å²) in [5, 5.41) is 2.63. The van der Waals surface area contributed by atoms with Gasteiger partial charge in [0, 0.05) is 13.1 Å². The van der Waals surface area contributed by atoms with E-state index in [9.17, 15) is 17.6 Å². The molecule has 6 nitrogen and oxygen atoms in total. The van der Waals surface area contributed by atoms with Crippen LogP contribution in [-0.2, 0) is 14.8 Å². The molecule has 0 radical (unpaired) electrons. The van der Waals surface area contributed by atoms with Crippen LogP contribution in [0.25, 0.3) is 0 Å². The van der Waals surface area contributed by atoms with Crippen LogP contribution in [-0.4, -0.2) is 37.3 Å². The Kier molecular flexibility index (Phi) is 3.71. The molecule has 21 heavy (non-hydrogen) atoms. The molecule has 0 unspecified atom stereocenters. The van der Waals surface area contributed by atoms with Gasteiger partial charge >= 0.3 is 0 Å². The van der Waals surface area contributed by atoms with E-state index in [1.54, 1.807) is 0 Å². The van der Waals surface area contributed by atoms with Crippen molar-refractivity contribution in [3.63, 3.8) is 0 Å². The summed E-state index contributed by atoms with van der Waals surface area (Å²) in [5.41, 5.74) is 4.27. The average molecular weight is 315 g/mol. The van der Waals surface area contributed by atoms with E-state index in [4.69, 9.17) is 5.73 Å². The number of rotatable bonds is 2. The van der Waals surface area contributed by atoms with E-state index in [0.29, 0.717) is 0 Å². The number of piperazine rings is 1. The topological polar surface area (TPSA) is 92.5 Å². The van der Waals surface area contributed by atoms with E-state index in [0.717, 1.165) is 16.4 Å². The van der Waals surface area contributed by atoms with Crippen LogP contribution in [0.15, 0.2) is 17.0 Å².